The van der Waals surface area contributed by atoms with Gasteiger partial charge in [0.1, 0.15) is 11.2 Å². The van der Waals surface area contributed by atoms with Crippen LogP contribution >= 0.6 is 0 Å². The van der Waals surface area contributed by atoms with Crippen molar-refractivity contribution in [2.75, 3.05) is 0 Å². The van der Waals surface area contributed by atoms with Crippen LogP contribution < -0.4 is 5.43 Å². The molecular weight excluding hydrogens is 894 g/mol. The molecule has 0 amide bonds. The summed E-state index contributed by atoms with van der Waals surface area (Å²) in [5.41, 5.74) is 1.31. The van der Waals surface area contributed by atoms with Gasteiger partial charge in [0.05, 0.1) is 10.8 Å². The van der Waals surface area contributed by atoms with Crippen molar-refractivity contribution in [3.8, 4) is 0 Å². The van der Waals surface area contributed by atoms with Crippen LogP contribution in [0.4, 0.5) is 0 Å². The van der Waals surface area contributed by atoms with Gasteiger partial charge < -0.3 is 34.1 Å². The Bertz CT molecular complexity index is 1010. The second kappa shape index (κ2) is 25.4. The fourth-order valence-electron chi connectivity index (χ4n) is 2.57. The van der Waals surface area contributed by atoms with E-state index in [-0.39, 0.29) is 139 Å². The zero-order chi connectivity index (χ0) is 16.8. The zero-order valence-corrected chi connectivity index (χ0v) is 31.4. The number of fused-ring (bicyclic) bond motifs is 4. The minimum Gasteiger partial charge on any atom is -0.456 e. The summed E-state index contributed by atoms with van der Waals surface area (Å²) < 4.78 is 5.84. The summed E-state index contributed by atoms with van der Waals surface area (Å²) in [6, 6.07) is 19.1. The maximum atomic E-state index is 12.6. The number of para-hydroxylation sites is 1. The molecule has 0 unspecified atom stereocenters. The first-order valence-corrected chi connectivity index (χ1v) is 8.18. The molecule has 4 aromatic rings. The second-order valence-electron chi connectivity index (χ2n) is 4.59. The van der Waals surface area contributed by atoms with Gasteiger partial charge in [0.2, 0.25) is 5.43 Å². The topological polar surface area (TPSA) is 30.2 Å². The molecule has 0 aliphatic rings. The Labute approximate surface area is 265 Å². The molecule has 4 rings (SSSR count). The minimum absolute atomic E-state index is 0. The Morgan fingerprint density at radius 1 is 0.645 bits per heavy atom. The largest absolute Gasteiger partial charge is 0.456 e. The van der Waals surface area contributed by atoms with Crippen LogP contribution in [-0.4, -0.2) is 0 Å². The third-order valence-electron chi connectivity index (χ3n) is 3.47. The fourth-order valence-corrected chi connectivity index (χ4v) is 2.57. The van der Waals surface area contributed by atoms with Crippen LogP contribution in [0.2, 0.25) is 0 Å². The van der Waals surface area contributed by atoms with Gasteiger partial charge in [0.15, 0.2) is 0 Å². The van der Waals surface area contributed by atoms with Crippen molar-refractivity contribution < 1.29 is 108 Å². The van der Waals surface area contributed by atoms with Crippen LogP contribution in [0, 0.1) is 60.8 Å². The molecule has 0 aliphatic carbocycles. The Balaban J connectivity index is -0.0000000913. The van der Waals surface area contributed by atoms with E-state index >= 15 is 0 Å². The van der Waals surface area contributed by atoms with Crippen molar-refractivity contribution in [2.24, 2.45) is 0 Å². The van der Waals surface area contributed by atoms with E-state index in [0.717, 1.165) is 10.8 Å². The number of hydrogen-bond donors (Lipinski definition) is 0. The van der Waals surface area contributed by atoms with Crippen molar-refractivity contribution in [1.82, 2.24) is 0 Å². The quantitative estimate of drug-likeness (QED) is 0.102. The first kappa shape index (κ1) is 49.1. The van der Waals surface area contributed by atoms with Crippen molar-refractivity contribution in [3.05, 3.63) is 101 Å². The van der Waals surface area contributed by atoms with Crippen LogP contribution in [0.15, 0.2) is 69.9 Å². The van der Waals surface area contributed by atoms with Gasteiger partial charge in [-0.15, -0.1) is 0 Å². The van der Waals surface area contributed by atoms with Crippen LogP contribution in [0.1, 0.15) is 27.7 Å². The summed E-state index contributed by atoms with van der Waals surface area (Å²) in [7, 11) is 0. The molecule has 1 heterocycles. The SMILES string of the molecule is CC.CC.O=c1c2ccccc2oc2ccc3ccccc3c12.[CH3-].[CH3-].[CH3-].[CH3-].[U].[V].[W].[Y]. The Morgan fingerprint density at radius 2 is 1.10 bits per heavy atom. The van der Waals surface area contributed by atoms with E-state index in [1.807, 2.05) is 88.4 Å². The van der Waals surface area contributed by atoms with Crippen LogP contribution in [-0.2, 0) is 72.3 Å². The molecule has 1 aromatic heterocycles. The van der Waals surface area contributed by atoms with Crippen LogP contribution in [0.25, 0.3) is 32.7 Å². The second-order valence-corrected chi connectivity index (χ2v) is 4.59. The number of benzene rings is 3. The van der Waals surface area contributed by atoms with Gasteiger partial charge >= 0.3 is 0 Å². The average Bonchev–Trinajstić information content (AvgIpc) is 2.65. The van der Waals surface area contributed by atoms with E-state index in [4.69, 9.17) is 4.42 Å². The van der Waals surface area contributed by atoms with Crippen LogP contribution in [0.5, 0.6) is 0 Å². The number of rotatable bonds is 0. The van der Waals surface area contributed by atoms with Gasteiger partial charge in [-0.2, -0.15) is 0 Å². The molecule has 0 saturated carbocycles. The molecule has 2 radical (unpaired) electrons. The fraction of sp³-hybridized carbons (Fsp3) is 0.160. The standard InChI is InChI=1S/C17H10O2.2C2H6.4CH3.U.V.W.Y/c18-17-13-7-3-4-8-14(13)19-15-10-9-11-5-1-2-6-12(11)16(15)17;2*1-2;;;;;;;;/h1-10H;2*1-2H3;4*1H3;;;;/q;;;4*-1;;;;. The van der Waals surface area contributed by atoms with Gasteiger partial charge in [0, 0.05) is 103 Å². The van der Waals surface area contributed by atoms with Crippen molar-refractivity contribution in [3.63, 3.8) is 0 Å². The van der Waals surface area contributed by atoms with E-state index in [2.05, 4.69) is 0 Å². The Hall–Kier alpha value is 0.819. The van der Waals surface area contributed by atoms with Crippen molar-refractivity contribution in [1.29, 1.82) is 0 Å². The minimum atomic E-state index is 0. The molecular formula is C25H34O2UVWY-4. The van der Waals surface area contributed by atoms with E-state index in [1.165, 1.54) is 0 Å². The number of hydrogen-bond acceptors (Lipinski definition) is 2. The summed E-state index contributed by atoms with van der Waals surface area (Å²) in [6.45, 7) is 8.00. The first-order chi connectivity index (χ1) is 11.3. The van der Waals surface area contributed by atoms with Gasteiger partial charge in [-0.05, 0) is 29.0 Å². The van der Waals surface area contributed by atoms with Gasteiger partial charge in [-0.1, -0.05) is 70.2 Å². The monoisotopic (exact) mass is 928 g/mol. The first-order valence-electron chi connectivity index (χ1n) is 8.18. The van der Waals surface area contributed by atoms with E-state index in [0.29, 0.717) is 21.9 Å². The van der Waals surface area contributed by atoms with Gasteiger partial charge in [-0.3, -0.25) is 4.79 Å². The molecule has 0 saturated heterocycles. The summed E-state index contributed by atoms with van der Waals surface area (Å²) in [5.74, 6) is 0. The maximum absolute atomic E-state index is 12.6. The molecule has 0 spiro atoms. The molecule has 168 valence electrons. The van der Waals surface area contributed by atoms with E-state index in [9.17, 15) is 4.79 Å². The molecule has 3 aromatic carbocycles. The summed E-state index contributed by atoms with van der Waals surface area (Å²) in [6.07, 6.45) is 0. The third kappa shape index (κ3) is 11.2. The summed E-state index contributed by atoms with van der Waals surface area (Å²) in [5, 5.41) is 3.29. The predicted molar refractivity (Wildman–Crippen MR) is 126 cm³/mol. The molecule has 0 N–H and O–H groups in total. The molecule has 2 nitrogen and oxygen atoms in total. The van der Waals surface area contributed by atoms with Gasteiger partial charge in [-0.25, -0.2) is 0 Å². The molecule has 0 atom stereocenters. The Kier molecular flexibility index (Phi) is 40.3. The maximum Gasteiger partial charge on any atom is 0.201 e. The van der Waals surface area contributed by atoms with Crippen molar-refractivity contribution >= 4 is 32.7 Å². The van der Waals surface area contributed by atoms with Gasteiger partial charge in [0.25, 0.3) is 0 Å². The predicted octanol–water partition coefficient (Wildman–Crippen LogP) is 7.95. The molecule has 31 heavy (non-hydrogen) atoms. The van der Waals surface area contributed by atoms with E-state index < -0.39 is 0 Å². The zero-order valence-electron chi connectivity index (χ0n) is 20.0. The van der Waals surface area contributed by atoms with Crippen molar-refractivity contribution in [2.45, 2.75) is 27.7 Å². The summed E-state index contributed by atoms with van der Waals surface area (Å²) >= 11 is 0. The Morgan fingerprint density at radius 3 is 1.65 bits per heavy atom. The molecule has 0 fully saturated rings. The van der Waals surface area contributed by atoms with E-state index in [1.54, 1.807) is 0 Å². The molecule has 0 aliphatic heterocycles. The normalized spacial score (nSPS) is 7.35. The average molecular weight is 928 g/mol. The molecule has 6 heteroatoms. The smallest absolute Gasteiger partial charge is 0.201 e. The third-order valence-corrected chi connectivity index (χ3v) is 3.47. The summed E-state index contributed by atoms with van der Waals surface area (Å²) in [4.78, 5) is 12.6. The van der Waals surface area contributed by atoms with Crippen LogP contribution in [0.3, 0.4) is 0 Å². The molecule has 0 bridgehead atoms.